The van der Waals surface area contributed by atoms with Crippen molar-refractivity contribution >= 4 is 0 Å². The van der Waals surface area contributed by atoms with Gasteiger partial charge in [-0.25, -0.2) is 0 Å². The summed E-state index contributed by atoms with van der Waals surface area (Å²) in [4.78, 5) is 0. The van der Waals surface area contributed by atoms with Gasteiger partial charge in [0, 0.05) is 0 Å². The Bertz CT molecular complexity index is 138. The second-order valence-electron chi connectivity index (χ2n) is 4.61. The molecular weight excluding hydrogens is 148 g/mol. The van der Waals surface area contributed by atoms with E-state index < -0.39 is 0 Å². The van der Waals surface area contributed by atoms with Crippen LogP contribution in [0.25, 0.3) is 0 Å². The van der Waals surface area contributed by atoms with E-state index in [9.17, 15) is 0 Å². The molecule has 0 aliphatic heterocycles. The van der Waals surface area contributed by atoms with Gasteiger partial charge in [-0.1, -0.05) is 19.8 Å². The highest BCUT2D eigenvalue weighted by atomic mass is 16.5. The third-order valence-corrected chi connectivity index (χ3v) is 2.65. The van der Waals surface area contributed by atoms with E-state index in [0.29, 0.717) is 0 Å². The summed E-state index contributed by atoms with van der Waals surface area (Å²) in [7, 11) is 0. The third-order valence-electron chi connectivity index (χ3n) is 2.65. The normalized spacial score (nSPS) is 23.0. The van der Waals surface area contributed by atoms with Crippen molar-refractivity contribution in [1.29, 1.82) is 0 Å². The highest BCUT2D eigenvalue weighted by Gasteiger charge is 2.36. The number of hydrogen-bond donors (Lipinski definition) is 0. The molecule has 0 N–H and O–H groups in total. The fourth-order valence-electron chi connectivity index (χ4n) is 2.13. The molecule has 0 spiro atoms. The van der Waals surface area contributed by atoms with Crippen LogP contribution in [-0.2, 0) is 4.74 Å². The molecule has 0 heterocycles. The van der Waals surface area contributed by atoms with Gasteiger partial charge >= 0.3 is 0 Å². The molecule has 1 nitrogen and oxygen atoms in total. The Labute approximate surface area is 76.5 Å². The molecule has 1 aliphatic rings. The summed E-state index contributed by atoms with van der Waals surface area (Å²) in [5.74, 6) is 0. The van der Waals surface area contributed by atoms with Gasteiger partial charge in [-0.2, -0.15) is 0 Å². The minimum Gasteiger partial charge on any atom is -0.369 e. The van der Waals surface area contributed by atoms with Crippen LogP contribution in [0.1, 0.15) is 52.9 Å². The van der Waals surface area contributed by atoms with Crippen LogP contribution >= 0.6 is 0 Å². The van der Waals surface area contributed by atoms with Crippen molar-refractivity contribution in [2.45, 2.75) is 64.1 Å². The zero-order chi connectivity index (χ0) is 9.24. The molecule has 12 heavy (non-hydrogen) atoms. The third kappa shape index (κ3) is 2.48. The van der Waals surface area contributed by atoms with Crippen molar-refractivity contribution in [3.63, 3.8) is 0 Å². The second kappa shape index (κ2) is 3.37. The van der Waals surface area contributed by atoms with E-state index in [4.69, 9.17) is 4.74 Å². The minimum atomic E-state index is -0.222. The topological polar surface area (TPSA) is 9.23 Å². The summed E-state index contributed by atoms with van der Waals surface area (Å²) < 4.78 is 6.02. The van der Waals surface area contributed by atoms with Gasteiger partial charge in [-0.15, -0.1) is 0 Å². The number of rotatable bonds is 3. The first kappa shape index (κ1) is 10.0. The fraction of sp³-hybridized carbons (Fsp3) is 0.909. The van der Waals surface area contributed by atoms with Gasteiger partial charge in [-0.05, 0) is 40.0 Å². The van der Waals surface area contributed by atoms with Crippen LogP contribution in [0.4, 0.5) is 0 Å². The number of ether oxygens (including phenoxy) is 1. The molecule has 0 atom stereocenters. The molecule has 0 aromatic heterocycles. The summed E-state index contributed by atoms with van der Waals surface area (Å²) in [6.07, 6.45) is 6.23. The summed E-state index contributed by atoms with van der Waals surface area (Å²) >= 11 is 0. The lowest BCUT2D eigenvalue weighted by Crippen LogP contribution is -2.37. The van der Waals surface area contributed by atoms with Crippen molar-refractivity contribution in [2.24, 2.45) is 0 Å². The van der Waals surface area contributed by atoms with Crippen molar-refractivity contribution in [3.8, 4) is 0 Å². The Morgan fingerprint density at radius 3 is 2.17 bits per heavy atom. The minimum absolute atomic E-state index is 0.158. The monoisotopic (exact) mass is 169 g/mol. The molecule has 1 saturated carbocycles. The Kier molecular flexibility index (Phi) is 2.82. The predicted octanol–water partition coefficient (Wildman–Crippen LogP) is 3.34. The lowest BCUT2D eigenvalue weighted by molar-refractivity contribution is -0.117. The maximum Gasteiger partial charge on any atom is 0.0687 e. The lowest BCUT2D eigenvalue weighted by atomic mass is 9.97. The van der Waals surface area contributed by atoms with E-state index in [2.05, 4.69) is 13.8 Å². The van der Waals surface area contributed by atoms with E-state index in [1.165, 1.54) is 25.7 Å². The second-order valence-corrected chi connectivity index (χ2v) is 4.61. The van der Waals surface area contributed by atoms with Crippen LogP contribution in [0, 0.1) is 6.92 Å². The predicted molar refractivity (Wildman–Crippen MR) is 52.0 cm³/mol. The van der Waals surface area contributed by atoms with Gasteiger partial charge in [0.15, 0.2) is 0 Å². The van der Waals surface area contributed by atoms with Gasteiger partial charge in [-0.3, -0.25) is 0 Å². The van der Waals surface area contributed by atoms with Crippen molar-refractivity contribution in [3.05, 3.63) is 6.92 Å². The Balaban J connectivity index is 2.55. The summed E-state index contributed by atoms with van der Waals surface area (Å²) in [6, 6.07) is 0. The standard InChI is InChI=1S/C11H21O/c1-5-11(8-6-7-9-11)12-10(2,3)4/h2,5-9H2,1,3-4H3. The molecule has 1 heteroatoms. The first-order valence-electron chi connectivity index (χ1n) is 5.03. The van der Waals surface area contributed by atoms with Gasteiger partial charge in [0.05, 0.1) is 11.2 Å². The van der Waals surface area contributed by atoms with Crippen LogP contribution in [-0.4, -0.2) is 11.2 Å². The van der Waals surface area contributed by atoms with Crippen molar-refractivity contribution in [2.75, 3.05) is 0 Å². The number of hydrogen-bond acceptors (Lipinski definition) is 1. The highest BCUT2D eigenvalue weighted by molar-refractivity contribution is 4.89. The first-order chi connectivity index (χ1) is 5.47. The van der Waals surface area contributed by atoms with Gasteiger partial charge in [0.2, 0.25) is 0 Å². The van der Waals surface area contributed by atoms with Crippen molar-refractivity contribution < 1.29 is 4.74 Å². The molecule has 0 aromatic carbocycles. The van der Waals surface area contributed by atoms with Crippen LogP contribution in [0.5, 0.6) is 0 Å². The van der Waals surface area contributed by atoms with E-state index >= 15 is 0 Å². The molecule has 71 valence electrons. The lowest BCUT2D eigenvalue weighted by Gasteiger charge is -2.35. The molecule has 1 aliphatic carbocycles. The average molecular weight is 169 g/mol. The molecule has 1 rings (SSSR count). The van der Waals surface area contributed by atoms with E-state index in [0.717, 1.165) is 6.42 Å². The van der Waals surface area contributed by atoms with Crippen LogP contribution < -0.4 is 0 Å². The van der Waals surface area contributed by atoms with Crippen molar-refractivity contribution in [1.82, 2.24) is 0 Å². The molecule has 1 radical (unpaired) electrons. The zero-order valence-corrected chi connectivity index (χ0v) is 8.65. The fourth-order valence-corrected chi connectivity index (χ4v) is 2.13. The largest absolute Gasteiger partial charge is 0.369 e. The molecule has 0 unspecified atom stereocenters. The molecule has 0 saturated heterocycles. The first-order valence-corrected chi connectivity index (χ1v) is 5.03. The quantitative estimate of drug-likeness (QED) is 0.629. The summed E-state index contributed by atoms with van der Waals surface area (Å²) in [5, 5.41) is 0. The van der Waals surface area contributed by atoms with E-state index in [1.54, 1.807) is 0 Å². The Morgan fingerprint density at radius 2 is 1.83 bits per heavy atom. The van der Waals surface area contributed by atoms with E-state index in [-0.39, 0.29) is 11.2 Å². The van der Waals surface area contributed by atoms with Crippen LogP contribution in [0.15, 0.2) is 0 Å². The zero-order valence-electron chi connectivity index (χ0n) is 8.65. The molecule has 1 fully saturated rings. The molecule has 0 bridgehead atoms. The molecular formula is C11H21O. The Morgan fingerprint density at radius 1 is 1.33 bits per heavy atom. The van der Waals surface area contributed by atoms with Crippen LogP contribution in [0.2, 0.25) is 0 Å². The van der Waals surface area contributed by atoms with E-state index in [1.807, 2.05) is 13.8 Å². The maximum absolute atomic E-state index is 6.02. The van der Waals surface area contributed by atoms with Crippen LogP contribution in [0.3, 0.4) is 0 Å². The highest BCUT2D eigenvalue weighted by Crippen LogP contribution is 2.38. The van der Waals surface area contributed by atoms with Gasteiger partial charge in [0.25, 0.3) is 0 Å². The molecule has 0 aromatic rings. The summed E-state index contributed by atoms with van der Waals surface area (Å²) in [5.41, 5.74) is -0.0639. The molecule has 0 amide bonds. The smallest absolute Gasteiger partial charge is 0.0687 e. The summed E-state index contributed by atoms with van der Waals surface area (Å²) in [6.45, 7) is 10.3. The van der Waals surface area contributed by atoms with Gasteiger partial charge in [0.1, 0.15) is 0 Å². The Hall–Kier alpha value is -0.0400. The van der Waals surface area contributed by atoms with Gasteiger partial charge < -0.3 is 4.74 Å². The average Bonchev–Trinajstić information content (AvgIpc) is 2.34. The maximum atomic E-state index is 6.02. The SMILES string of the molecule is [CH2]C(C)(C)OC1(CC)CCCC1.